The molecule has 0 aliphatic rings. The van der Waals surface area contributed by atoms with Crippen LogP contribution in [-0.4, -0.2) is 18.1 Å². The predicted molar refractivity (Wildman–Crippen MR) is 80.8 cm³/mol. The number of esters is 1. The van der Waals surface area contributed by atoms with Crippen LogP contribution in [0.1, 0.15) is 16.1 Å². The molecule has 0 radical (unpaired) electrons. The van der Waals surface area contributed by atoms with Crippen LogP contribution in [0.25, 0.3) is 11.3 Å². The number of methoxy groups -OCH3 is 1. The molecule has 0 aliphatic heterocycles. The number of rotatable bonds is 2. The number of hydrogen-bond donors (Lipinski definition) is 0. The third-order valence-electron chi connectivity index (χ3n) is 2.82. The molecule has 6 heteroatoms. The number of ether oxygens (including phenoxy) is 1. The second kappa shape index (κ2) is 6.00. The Bertz CT molecular complexity index is 686. The first-order valence-corrected chi connectivity index (χ1v) is 6.79. The monoisotopic (exact) mass is 329 g/mol. The molecule has 0 unspecified atom stereocenters. The molecule has 0 fully saturated rings. The van der Waals surface area contributed by atoms with E-state index in [4.69, 9.17) is 34.8 Å². The normalized spacial score (nSPS) is 10.4. The van der Waals surface area contributed by atoms with E-state index in [1.807, 2.05) is 6.92 Å². The van der Waals surface area contributed by atoms with E-state index in [1.54, 1.807) is 24.3 Å². The van der Waals surface area contributed by atoms with Crippen LogP contribution in [0, 0.1) is 6.92 Å². The van der Waals surface area contributed by atoms with Crippen LogP contribution in [0.3, 0.4) is 0 Å². The Morgan fingerprint density at radius 1 is 1.10 bits per heavy atom. The maximum atomic E-state index is 11.6. The highest BCUT2D eigenvalue weighted by atomic mass is 35.5. The Morgan fingerprint density at radius 3 is 2.40 bits per heavy atom. The predicted octanol–water partition coefficient (Wildman–Crippen LogP) is 4.80. The zero-order valence-electron chi connectivity index (χ0n) is 10.7. The average Bonchev–Trinajstić information content (AvgIpc) is 2.45. The highest BCUT2D eigenvalue weighted by Gasteiger charge is 2.16. The summed E-state index contributed by atoms with van der Waals surface area (Å²) in [5.74, 6) is -0.598. The number of carbonyl (C=O) groups excluding carboxylic acids is 1. The van der Waals surface area contributed by atoms with E-state index in [1.165, 1.54) is 7.11 Å². The van der Waals surface area contributed by atoms with Crippen LogP contribution in [0.15, 0.2) is 24.3 Å². The molecule has 0 aliphatic carbocycles. The fraction of sp³-hybridized carbons (Fsp3) is 0.143. The minimum absolute atomic E-state index is 0.0512. The van der Waals surface area contributed by atoms with Gasteiger partial charge in [-0.05, 0) is 36.8 Å². The molecule has 1 aromatic carbocycles. The molecule has 0 atom stereocenters. The standard InChI is InChI=1S/C14H10Cl3NO2/c1-7-9(15)4-3-8(12(7)17)11-6-5-10(16)13(18-11)14(19)20-2/h3-6H,1-2H3. The van der Waals surface area contributed by atoms with Gasteiger partial charge in [-0.15, -0.1) is 0 Å². The van der Waals surface area contributed by atoms with E-state index in [-0.39, 0.29) is 10.7 Å². The zero-order chi connectivity index (χ0) is 14.9. The first-order valence-electron chi connectivity index (χ1n) is 5.65. The maximum Gasteiger partial charge on any atom is 0.358 e. The Balaban J connectivity index is 2.60. The van der Waals surface area contributed by atoms with Gasteiger partial charge in [0.1, 0.15) is 0 Å². The molecule has 3 nitrogen and oxygen atoms in total. The largest absolute Gasteiger partial charge is 0.464 e. The van der Waals surface area contributed by atoms with Crippen LogP contribution in [0.4, 0.5) is 0 Å². The summed E-state index contributed by atoms with van der Waals surface area (Å²) in [5.41, 5.74) is 2.01. The number of pyridine rings is 1. The van der Waals surface area contributed by atoms with Crippen molar-refractivity contribution in [2.75, 3.05) is 7.11 Å². The van der Waals surface area contributed by atoms with Gasteiger partial charge in [0.15, 0.2) is 5.69 Å². The average molecular weight is 331 g/mol. The molecule has 2 aromatic rings. The number of nitrogens with zero attached hydrogens (tertiary/aromatic N) is 1. The van der Waals surface area contributed by atoms with Gasteiger partial charge in [0.2, 0.25) is 0 Å². The van der Waals surface area contributed by atoms with Crippen molar-refractivity contribution in [3.63, 3.8) is 0 Å². The molecular weight excluding hydrogens is 321 g/mol. The van der Waals surface area contributed by atoms with Crippen LogP contribution in [-0.2, 0) is 4.74 Å². The Hall–Kier alpha value is -1.29. The lowest BCUT2D eigenvalue weighted by molar-refractivity contribution is 0.0594. The smallest absolute Gasteiger partial charge is 0.358 e. The molecule has 104 valence electrons. The summed E-state index contributed by atoms with van der Waals surface area (Å²) < 4.78 is 4.64. The lowest BCUT2D eigenvalue weighted by atomic mass is 10.1. The molecule has 2 rings (SSSR count). The van der Waals surface area contributed by atoms with Crippen LogP contribution >= 0.6 is 34.8 Å². The summed E-state index contributed by atoms with van der Waals surface area (Å²) in [5, 5.41) is 1.28. The third kappa shape index (κ3) is 2.75. The summed E-state index contributed by atoms with van der Waals surface area (Å²) in [7, 11) is 1.27. The van der Waals surface area contributed by atoms with Gasteiger partial charge in [0.05, 0.1) is 22.8 Å². The van der Waals surface area contributed by atoms with E-state index >= 15 is 0 Å². The van der Waals surface area contributed by atoms with E-state index in [0.717, 1.165) is 5.56 Å². The van der Waals surface area contributed by atoms with Crippen molar-refractivity contribution in [3.05, 3.63) is 50.6 Å². The molecule has 0 N–H and O–H groups in total. The van der Waals surface area contributed by atoms with Crippen molar-refractivity contribution in [2.45, 2.75) is 6.92 Å². The zero-order valence-corrected chi connectivity index (χ0v) is 13.0. The van der Waals surface area contributed by atoms with Crippen molar-refractivity contribution < 1.29 is 9.53 Å². The molecule has 0 amide bonds. The second-order valence-corrected chi connectivity index (χ2v) is 5.24. The molecule has 1 heterocycles. The van der Waals surface area contributed by atoms with Gasteiger partial charge in [-0.1, -0.05) is 34.8 Å². The molecule has 20 heavy (non-hydrogen) atoms. The minimum Gasteiger partial charge on any atom is -0.464 e. The van der Waals surface area contributed by atoms with Gasteiger partial charge < -0.3 is 4.74 Å². The highest BCUT2D eigenvalue weighted by Crippen LogP contribution is 2.34. The summed E-state index contributed by atoms with van der Waals surface area (Å²) in [4.78, 5) is 15.8. The van der Waals surface area contributed by atoms with E-state index in [0.29, 0.717) is 21.3 Å². The maximum absolute atomic E-state index is 11.6. The second-order valence-electron chi connectivity index (χ2n) is 4.05. The molecule has 0 saturated heterocycles. The number of halogens is 3. The summed E-state index contributed by atoms with van der Waals surface area (Å²) >= 11 is 18.2. The summed E-state index contributed by atoms with van der Waals surface area (Å²) in [6.07, 6.45) is 0. The SMILES string of the molecule is COC(=O)c1nc(-c2ccc(Cl)c(C)c2Cl)ccc1Cl. The summed E-state index contributed by atoms with van der Waals surface area (Å²) in [6.45, 7) is 1.81. The van der Waals surface area contributed by atoms with Crippen molar-refractivity contribution >= 4 is 40.8 Å². The fourth-order valence-corrected chi connectivity index (χ4v) is 2.34. The Morgan fingerprint density at radius 2 is 1.75 bits per heavy atom. The van der Waals surface area contributed by atoms with E-state index in [2.05, 4.69) is 9.72 Å². The van der Waals surface area contributed by atoms with Crippen molar-refractivity contribution in [1.29, 1.82) is 0 Å². The third-order valence-corrected chi connectivity index (χ3v) is 4.02. The van der Waals surface area contributed by atoms with Crippen molar-refractivity contribution in [3.8, 4) is 11.3 Å². The number of aromatic nitrogens is 1. The Labute approximate surface area is 131 Å². The molecular formula is C14H10Cl3NO2. The van der Waals surface area contributed by atoms with Gasteiger partial charge in [-0.2, -0.15) is 0 Å². The van der Waals surface area contributed by atoms with Crippen LogP contribution in [0.5, 0.6) is 0 Å². The van der Waals surface area contributed by atoms with Gasteiger partial charge in [-0.3, -0.25) is 0 Å². The van der Waals surface area contributed by atoms with Gasteiger partial charge in [0, 0.05) is 10.6 Å². The molecule has 0 spiro atoms. The number of hydrogen-bond acceptors (Lipinski definition) is 3. The van der Waals surface area contributed by atoms with E-state index in [9.17, 15) is 4.79 Å². The lowest BCUT2D eigenvalue weighted by Crippen LogP contribution is -2.06. The number of benzene rings is 1. The van der Waals surface area contributed by atoms with Crippen molar-refractivity contribution in [1.82, 2.24) is 4.98 Å². The molecule has 1 aromatic heterocycles. The van der Waals surface area contributed by atoms with Crippen molar-refractivity contribution in [2.24, 2.45) is 0 Å². The highest BCUT2D eigenvalue weighted by molar-refractivity contribution is 6.37. The minimum atomic E-state index is -0.598. The summed E-state index contributed by atoms with van der Waals surface area (Å²) in [6, 6.07) is 6.74. The quantitative estimate of drug-likeness (QED) is 0.742. The molecule has 0 saturated carbocycles. The van der Waals surface area contributed by atoms with E-state index < -0.39 is 5.97 Å². The van der Waals surface area contributed by atoms with Gasteiger partial charge in [-0.25, -0.2) is 9.78 Å². The first-order chi connectivity index (χ1) is 9.45. The number of carbonyl (C=O) groups is 1. The fourth-order valence-electron chi connectivity index (χ4n) is 1.69. The Kier molecular flexibility index (Phi) is 4.53. The molecule has 0 bridgehead atoms. The van der Waals surface area contributed by atoms with Gasteiger partial charge in [0.25, 0.3) is 0 Å². The van der Waals surface area contributed by atoms with Crippen LogP contribution in [0.2, 0.25) is 15.1 Å². The van der Waals surface area contributed by atoms with Crippen LogP contribution < -0.4 is 0 Å². The topological polar surface area (TPSA) is 39.2 Å². The van der Waals surface area contributed by atoms with Gasteiger partial charge >= 0.3 is 5.97 Å². The lowest BCUT2D eigenvalue weighted by Gasteiger charge is -2.09. The first kappa shape index (κ1) is 15.1.